The van der Waals surface area contributed by atoms with Gasteiger partial charge >= 0.3 is 0 Å². The molecular weight excluding hydrogens is 277 g/mol. The minimum absolute atomic E-state index is 0.258. The van der Waals surface area contributed by atoms with Gasteiger partial charge in [-0.3, -0.25) is 10.1 Å². The number of hydrogen-bond acceptors (Lipinski definition) is 3. The molecule has 2 aromatic carbocycles. The Hall–Kier alpha value is -1.59. The zero-order valence-corrected chi connectivity index (χ0v) is 10.5. The molecule has 92 valence electrons. The van der Waals surface area contributed by atoms with Gasteiger partial charge in [0.05, 0.1) is 11.0 Å². The first-order chi connectivity index (χ1) is 8.54. The lowest BCUT2D eigenvalue weighted by Gasteiger charge is -2.02. The van der Waals surface area contributed by atoms with E-state index < -0.39 is 10.7 Å². The van der Waals surface area contributed by atoms with Gasteiger partial charge in [-0.25, -0.2) is 4.39 Å². The fraction of sp³-hybridized carbons (Fsp3) is 0. The van der Waals surface area contributed by atoms with Gasteiger partial charge in [0.25, 0.3) is 5.69 Å². The van der Waals surface area contributed by atoms with Crippen LogP contribution in [-0.2, 0) is 0 Å². The first-order valence-electron chi connectivity index (χ1n) is 4.93. The largest absolute Gasteiger partial charge is 0.273 e. The highest BCUT2D eigenvalue weighted by Crippen LogP contribution is 2.31. The summed E-state index contributed by atoms with van der Waals surface area (Å²) in [5, 5.41) is 11.2. The van der Waals surface area contributed by atoms with Crippen LogP contribution in [0.4, 0.5) is 10.1 Å². The number of nitro benzene ring substituents is 1. The van der Waals surface area contributed by atoms with Crippen LogP contribution >= 0.6 is 23.4 Å². The molecule has 0 saturated carbocycles. The summed E-state index contributed by atoms with van der Waals surface area (Å²) >= 11 is 6.99. The van der Waals surface area contributed by atoms with Crippen LogP contribution in [0.5, 0.6) is 0 Å². The molecule has 0 aliphatic rings. The number of nitro groups is 1. The van der Waals surface area contributed by atoms with Gasteiger partial charge in [-0.15, -0.1) is 0 Å². The Morgan fingerprint density at radius 3 is 2.39 bits per heavy atom. The van der Waals surface area contributed by atoms with E-state index in [1.807, 2.05) is 0 Å². The molecular formula is C12H7ClFNO2S. The lowest BCUT2D eigenvalue weighted by atomic mass is 10.3. The lowest BCUT2D eigenvalue weighted by Crippen LogP contribution is -1.89. The molecule has 0 spiro atoms. The van der Waals surface area contributed by atoms with Crippen molar-refractivity contribution in [2.45, 2.75) is 9.79 Å². The van der Waals surface area contributed by atoms with Crippen LogP contribution in [0.2, 0.25) is 5.02 Å². The topological polar surface area (TPSA) is 43.1 Å². The van der Waals surface area contributed by atoms with Crippen LogP contribution in [-0.4, -0.2) is 4.92 Å². The van der Waals surface area contributed by atoms with E-state index in [-0.39, 0.29) is 5.69 Å². The summed E-state index contributed by atoms with van der Waals surface area (Å²) in [6.45, 7) is 0. The third-order valence-electron chi connectivity index (χ3n) is 2.12. The van der Waals surface area contributed by atoms with Gasteiger partial charge in [0, 0.05) is 20.9 Å². The molecule has 0 heterocycles. The van der Waals surface area contributed by atoms with Crippen LogP contribution in [0.3, 0.4) is 0 Å². The maximum absolute atomic E-state index is 13.2. The van der Waals surface area contributed by atoms with Gasteiger partial charge in [0.1, 0.15) is 5.82 Å². The Morgan fingerprint density at radius 1 is 1.11 bits per heavy atom. The van der Waals surface area contributed by atoms with Crippen LogP contribution in [0, 0.1) is 15.9 Å². The second-order valence-corrected chi connectivity index (χ2v) is 5.04. The molecule has 0 radical (unpaired) electrons. The molecule has 0 saturated heterocycles. The molecule has 18 heavy (non-hydrogen) atoms. The number of non-ortho nitro benzene ring substituents is 1. The summed E-state index contributed by atoms with van der Waals surface area (Å²) in [5.41, 5.74) is -0.258. The zero-order valence-electron chi connectivity index (χ0n) is 8.97. The van der Waals surface area contributed by atoms with E-state index in [1.165, 1.54) is 23.9 Å². The Kier molecular flexibility index (Phi) is 3.84. The first kappa shape index (κ1) is 12.9. The van der Waals surface area contributed by atoms with Crippen LogP contribution < -0.4 is 0 Å². The molecule has 0 fully saturated rings. The molecule has 0 N–H and O–H groups in total. The molecule has 6 heteroatoms. The second-order valence-electron chi connectivity index (χ2n) is 3.46. The van der Waals surface area contributed by atoms with E-state index in [0.717, 1.165) is 11.0 Å². The van der Waals surface area contributed by atoms with E-state index in [2.05, 4.69) is 0 Å². The molecule has 3 nitrogen and oxygen atoms in total. The van der Waals surface area contributed by atoms with Crippen molar-refractivity contribution in [3.63, 3.8) is 0 Å². The fourth-order valence-electron chi connectivity index (χ4n) is 1.35. The van der Waals surface area contributed by atoms with Crippen molar-refractivity contribution in [3.8, 4) is 0 Å². The Balaban J connectivity index is 2.28. The highest BCUT2D eigenvalue weighted by molar-refractivity contribution is 7.99. The summed E-state index contributed by atoms with van der Waals surface area (Å²) in [6, 6.07) is 10.4. The van der Waals surface area contributed by atoms with Crippen molar-refractivity contribution in [3.05, 3.63) is 63.4 Å². The number of halogens is 2. The Morgan fingerprint density at radius 2 is 1.78 bits per heavy atom. The minimum atomic E-state index is -0.624. The quantitative estimate of drug-likeness (QED) is 0.613. The van der Waals surface area contributed by atoms with E-state index in [9.17, 15) is 14.5 Å². The average molecular weight is 284 g/mol. The molecule has 2 rings (SSSR count). The van der Waals surface area contributed by atoms with Gasteiger partial charge in [-0.05, 0) is 30.3 Å². The van der Waals surface area contributed by atoms with Crippen molar-refractivity contribution in [2.24, 2.45) is 0 Å². The zero-order chi connectivity index (χ0) is 13.1. The maximum Gasteiger partial charge on any atom is 0.273 e. The normalized spacial score (nSPS) is 10.3. The highest BCUT2D eigenvalue weighted by Gasteiger charge is 2.10. The molecule has 0 amide bonds. The summed E-state index contributed by atoms with van der Waals surface area (Å²) in [7, 11) is 0. The van der Waals surface area contributed by atoms with Crippen molar-refractivity contribution < 1.29 is 9.31 Å². The van der Waals surface area contributed by atoms with Crippen molar-refractivity contribution in [1.82, 2.24) is 0 Å². The summed E-state index contributed by atoms with van der Waals surface area (Å²) in [5.74, 6) is -0.624. The standard InChI is InChI=1S/C12H7ClFNO2S/c13-8-1-3-11(4-2-8)18-12-6-9(14)5-10(7-12)15(16)17/h1-7H. The van der Waals surface area contributed by atoms with Gasteiger partial charge in [0.2, 0.25) is 0 Å². The van der Waals surface area contributed by atoms with Crippen LogP contribution in [0.1, 0.15) is 0 Å². The van der Waals surface area contributed by atoms with E-state index in [0.29, 0.717) is 9.92 Å². The molecule has 0 aliphatic carbocycles. The lowest BCUT2D eigenvalue weighted by molar-refractivity contribution is -0.385. The average Bonchev–Trinajstić information content (AvgIpc) is 2.31. The number of hydrogen-bond donors (Lipinski definition) is 0. The SMILES string of the molecule is O=[N+]([O-])c1cc(F)cc(Sc2ccc(Cl)cc2)c1. The third-order valence-corrected chi connectivity index (χ3v) is 3.35. The molecule has 2 aromatic rings. The monoisotopic (exact) mass is 283 g/mol. The van der Waals surface area contributed by atoms with E-state index >= 15 is 0 Å². The molecule has 0 unspecified atom stereocenters. The van der Waals surface area contributed by atoms with E-state index in [4.69, 9.17) is 11.6 Å². The van der Waals surface area contributed by atoms with E-state index in [1.54, 1.807) is 24.3 Å². The van der Waals surface area contributed by atoms with Gasteiger partial charge in [0.15, 0.2) is 0 Å². The third kappa shape index (κ3) is 3.21. The Labute approximate surface area is 112 Å². The van der Waals surface area contributed by atoms with Crippen LogP contribution in [0.15, 0.2) is 52.3 Å². The van der Waals surface area contributed by atoms with Gasteiger partial charge in [-0.1, -0.05) is 23.4 Å². The van der Waals surface area contributed by atoms with Crippen molar-refractivity contribution >= 4 is 29.1 Å². The highest BCUT2D eigenvalue weighted by atomic mass is 35.5. The van der Waals surface area contributed by atoms with Crippen molar-refractivity contribution in [1.29, 1.82) is 0 Å². The number of rotatable bonds is 3. The van der Waals surface area contributed by atoms with Gasteiger partial charge in [-0.2, -0.15) is 0 Å². The summed E-state index contributed by atoms with van der Waals surface area (Å²) in [6.07, 6.45) is 0. The molecule has 0 bridgehead atoms. The van der Waals surface area contributed by atoms with Crippen LogP contribution in [0.25, 0.3) is 0 Å². The van der Waals surface area contributed by atoms with Gasteiger partial charge < -0.3 is 0 Å². The Bertz CT molecular complexity index is 589. The maximum atomic E-state index is 13.2. The van der Waals surface area contributed by atoms with Crippen molar-refractivity contribution in [2.75, 3.05) is 0 Å². The number of nitrogens with zero attached hydrogens (tertiary/aromatic N) is 1. The fourth-order valence-corrected chi connectivity index (χ4v) is 2.37. The summed E-state index contributed by atoms with van der Waals surface area (Å²) in [4.78, 5) is 11.3. The minimum Gasteiger partial charge on any atom is -0.258 e. The number of benzene rings is 2. The molecule has 0 atom stereocenters. The molecule has 0 aromatic heterocycles. The second kappa shape index (κ2) is 5.37. The molecule has 0 aliphatic heterocycles. The summed E-state index contributed by atoms with van der Waals surface area (Å²) < 4.78 is 13.2. The predicted molar refractivity (Wildman–Crippen MR) is 68.6 cm³/mol. The smallest absolute Gasteiger partial charge is 0.258 e. The first-order valence-corrected chi connectivity index (χ1v) is 6.12. The predicted octanol–water partition coefficient (Wildman–Crippen LogP) is 4.54.